The van der Waals surface area contributed by atoms with Gasteiger partial charge in [0.2, 0.25) is 5.91 Å². The molecule has 7 nitrogen and oxygen atoms in total. The molecule has 2 aromatic heterocycles. The zero-order chi connectivity index (χ0) is 21.0. The number of amides is 2. The first-order chi connectivity index (χ1) is 13.8. The van der Waals surface area contributed by atoms with E-state index in [0.717, 1.165) is 17.1 Å². The van der Waals surface area contributed by atoms with E-state index in [1.165, 1.54) is 4.90 Å². The lowest BCUT2D eigenvalue weighted by molar-refractivity contribution is -0.123. The van der Waals surface area contributed by atoms with Gasteiger partial charge in [0, 0.05) is 34.6 Å². The molecule has 0 radical (unpaired) electrons. The van der Waals surface area contributed by atoms with Crippen LogP contribution >= 0.6 is 11.5 Å². The van der Waals surface area contributed by atoms with Crippen molar-refractivity contribution in [1.29, 1.82) is 0 Å². The standard InChI is InChI=1S/C21H23N5O2S/c1-14-7-5-9-16(11-14)26(20(28)17-13-29-25-24-17)18(15-8-6-10-22-12-15)19(27)23-21(2,3)4/h5-13,18H,1-4H3,(H,23,27)/t18-/m0/s1. The second kappa shape index (κ2) is 8.48. The van der Waals surface area contributed by atoms with E-state index in [1.807, 2.05) is 45.9 Å². The second-order valence-corrected chi connectivity index (χ2v) is 8.34. The van der Waals surface area contributed by atoms with Crippen LogP contribution in [0.5, 0.6) is 0 Å². The van der Waals surface area contributed by atoms with E-state index in [2.05, 4.69) is 19.9 Å². The Kier molecular flexibility index (Phi) is 6.03. The van der Waals surface area contributed by atoms with Crippen LogP contribution in [-0.4, -0.2) is 31.9 Å². The van der Waals surface area contributed by atoms with Crippen molar-refractivity contribution in [3.63, 3.8) is 0 Å². The maximum Gasteiger partial charge on any atom is 0.280 e. The van der Waals surface area contributed by atoms with Gasteiger partial charge in [0.15, 0.2) is 5.69 Å². The van der Waals surface area contributed by atoms with Crippen LogP contribution in [0.3, 0.4) is 0 Å². The maximum absolute atomic E-state index is 13.4. The van der Waals surface area contributed by atoms with Crippen LogP contribution in [0.1, 0.15) is 48.4 Å². The highest BCUT2D eigenvalue weighted by molar-refractivity contribution is 7.03. The first-order valence-corrected chi connectivity index (χ1v) is 9.99. The van der Waals surface area contributed by atoms with Crippen molar-refractivity contribution in [3.05, 3.63) is 71.0 Å². The molecule has 2 heterocycles. The number of benzene rings is 1. The number of pyridine rings is 1. The summed E-state index contributed by atoms with van der Waals surface area (Å²) in [5, 5.41) is 8.49. The maximum atomic E-state index is 13.4. The summed E-state index contributed by atoms with van der Waals surface area (Å²) in [5.74, 6) is -0.703. The van der Waals surface area contributed by atoms with Gasteiger partial charge in [-0.2, -0.15) is 0 Å². The largest absolute Gasteiger partial charge is 0.349 e. The molecule has 0 aliphatic carbocycles. The van der Waals surface area contributed by atoms with Gasteiger partial charge in [-0.05, 0) is 63.0 Å². The van der Waals surface area contributed by atoms with Crippen molar-refractivity contribution in [2.24, 2.45) is 0 Å². The predicted octanol–water partition coefficient (Wildman–Crippen LogP) is 3.54. The zero-order valence-corrected chi connectivity index (χ0v) is 17.6. The molecule has 0 fully saturated rings. The van der Waals surface area contributed by atoms with Crippen molar-refractivity contribution in [2.75, 3.05) is 4.90 Å². The van der Waals surface area contributed by atoms with Crippen LogP contribution in [0.4, 0.5) is 5.69 Å². The van der Waals surface area contributed by atoms with E-state index in [1.54, 1.807) is 36.0 Å². The highest BCUT2D eigenvalue weighted by atomic mass is 32.1. The minimum absolute atomic E-state index is 0.189. The number of hydrogen-bond acceptors (Lipinski definition) is 6. The molecule has 0 saturated carbocycles. The molecule has 0 saturated heterocycles. The average molecular weight is 410 g/mol. The van der Waals surface area contributed by atoms with E-state index in [9.17, 15) is 9.59 Å². The summed E-state index contributed by atoms with van der Waals surface area (Å²) in [6, 6.07) is 10.1. The van der Waals surface area contributed by atoms with Crippen LogP contribution in [0.15, 0.2) is 54.2 Å². The van der Waals surface area contributed by atoms with Gasteiger partial charge in [0.25, 0.3) is 5.91 Å². The number of aromatic nitrogens is 3. The molecule has 1 N–H and O–H groups in total. The molecule has 0 unspecified atom stereocenters. The first kappa shape index (κ1) is 20.6. The highest BCUT2D eigenvalue weighted by Crippen LogP contribution is 2.30. The third-order valence-corrected chi connectivity index (χ3v) is 4.59. The Balaban J connectivity index is 2.16. The first-order valence-electron chi connectivity index (χ1n) is 9.15. The predicted molar refractivity (Wildman–Crippen MR) is 113 cm³/mol. The number of hydrogen-bond donors (Lipinski definition) is 1. The van der Waals surface area contributed by atoms with Crippen LogP contribution < -0.4 is 10.2 Å². The SMILES string of the molecule is Cc1cccc(N(C(=O)c2csnn2)[C@H](C(=O)NC(C)(C)C)c2cccnc2)c1. The molecule has 29 heavy (non-hydrogen) atoms. The molecule has 0 aliphatic rings. The van der Waals surface area contributed by atoms with Crippen molar-refractivity contribution in [2.45, 2.75) is 39.3 Å². The van der Waals surface area contributed by atoms with Crippen LogP contribution in [-0.2, 0) is 4.79 Å². The smallest absolute Gasteiger partial charge is 0.280 e. The fraction of sp³-hybridized carbons (Fsp3) is 0.286. The molecule has 1 atom stereocenters. The molecule has 3 rings (SSSR count). The van der Waals surface area contributed by atoms with Crippen LogP contribution in [0.25, 0.3) is 0 Å². The topological polar surface area (TPSA) is 88.1 Å². The lowest BCUT2D eigenvalue weighted by Crippen LogP contribution is -2.49. The Morgan fingerprint density at radius 2 is 1.97 bits per heavy atom. The molecule has 2 amide bonds. The Labute approximate surface area is 174 Å². The van der Waals surface area contributed by atoms with Crippen molar-refractivity contribution < 1.29 is 9.59 Å². The number of anilines is 1. The Bertz CT molecular complexity index is 984. The summed E-state index contributed by atoms with van der Waals surface area (Å²) in [6.07, 6.45) is 3.23. The quantitative estimate of drug-likeness (QED) is 0.696. The van der Waals surface area contributed by atoms with Crippen molar-refractivity contribution in [1.82, 2.24) is 19.9 Å². The number of rotatable bonds is 5. The Morgan fingerprint density at radius 1 is 1.17 bits per heavy atom. The monoisotopic (exact) mass is 409 g/mol. The summed E-state index contributed by atoms with van der Waals surface area (Å²) >= 11 is 1.09. The van der Waals surface area contributed by atoms with Gasteiger partial charge in [-0.15, -0.1) is 5.10 Å². The second-order valence-electron chi connectivity index (χ2n) is 7.73. The van der Waals surface area contributed by atoms with Crippen molar-refractivity contribution in [3.8, 4) is 0 Å². The zero-order valence-electron chi connectivity index (χ0n) is 16.8. The Hall–Kier alpha value is -3.13. The number of carbonyl (C=O) groups excluding carboxylic acids is 2. The van der Waals surface area contributed by atoms with Gasteiger partial charge in [-0.1, -0.05) is 22.7 Å². The normalized spacial score (nSPS) is 12.3. The summed E-state index contributed by atoms with van der Waals surface area (Å²) in [7, 11) is 0. The molecule has 0 spiro atoms. The average Bonchev–Trinajstić information content (AvgIpc) is 3.19. The molecule has 8 heteroatoms. The summed E-state index contributed by atoms with van der Waals surface area (Å²) < 4.78 is 3.80. The third-order valence-electron chi connectivity index (χ3n) is 4.08. The van der Waals surface area contributed by atoms with E-state index in [4.69, 9.17) is 0 Å². The summed E-state index contributed by atoms with van der Waals surface area (Å²) in [6.45, 7) is 7.63. The van der Waals surface area contributed by atoms with E-state index in [0.29, 0.717) is 11.3 Å². The minimum Gasteiger partial charge on any atom is -0.349 e. The van der Waals surface area contributed by atoms with E-state index in [-0.39, 0.29) is 11.6 Å². The number of aryl methyl sites for hydroxylation is 1. The van der Waals surface area contributed by atoms with Gasteiger partial charge >= 0.3 is 0 Å². The molecule has 0 aliphatic heterocycles. The van der Waals surface area contributed by atoms with Gasteiger partial charge in [-0.25, -0.2) is 0 Å². The van der Waals surface area contributed by atoms with Gasteiger partial charge in [0.05, 0.1) is 0 Å². The molecule has 1 aromatic carbocycles. The van der Waals surface area contributed by atoms with Gasteiger partial charge < -0.3 is 5.32 Å². The fourth-order valence-corrected chi connectivity index (χ4v) is 3.37. The minimum atomic E-state index is -0.918. The number of nitrogens with one attached hydrogen (secondary N) is 1. The lowest BCUT2D eigenvalue weighted by Gasteiger charge is -2.33. The van der Waals surface area contributed by atoms with Gasteiger partial charge in [-0.3, -0.25) is 19.5 Å². The molecule has 3 aromatic rings. The number of nitrogens with zero attached hydrogens (tertiary/aromatic N) is 4. The fourth-order valence-electron chi connectivity index (χ4n) is 2.94. The van der Waals surface area contributed by atoms with Gasteiger partial charge in [0.1, 0.15) is 6.04 Å². The summed E-state index contributed by atoms with van der Waals surface area (Å²) in [5.41, 5.74) is 1.89. The molecular formula is C21H23N5O2S. The highest BCUT2D eigenvalue weighted by Gasteiger charge is 2.36. The van der Waals surface area contributed by atoms with E-state index < -0.39 is 17.5 Å². The van der Waals surface area contributed by atoms with E-state index >= 15 is 0 Å². The summed E-state index contributed by atoms with van der Waals surface area (Å²) in [4.78, 5) is 32.4. The number of carbonyl (C=O) groups is 2. The van der Waals surface area contributed by atoms with Crippen molar-refractivity contribution >= 4 is 29.0 Å². The molecule has 150 valence electrons. The van der Waals surface area contributed by atoms with Crippen LogP contribution in [0.2, 0.25) is 0 Å². The lowest BCUT2D eigenvalue weighted by atomic mass is 10.0. The van der Waals surface area contributed by atoms with Crippen LogP contribution in [0, 0.1) is 6.92 Å². The molecule has 0 bridgehead atoms. The third kappa shape index (κ3) is 5.03. The molecular weight excluding hydrogens is 386 g/mol. The Morgan fingerprint density at radius 3 is 2.55 bits per heavy atom.